The molecule has 126 valence electrons. The molecule has 0 bridgehead atoms. The Morgan fingerprint density at radius 3 is 2.52 bits per heavy atom. The lowest BCUT2D eigenvalue weighted by Gasteiger charge is -2.13. The van der Waals surface area contributed by atoms with E-state index < -0.39 is 0 Å². The third-order valence-corrected chi connectivity index (χ3v) is 4.67. The molecule has 0 unspecified atom stereocenters. The number of nitrogens with zero attached hydrogens (tertiary/aromatic N) is 1. The first-order chi connectivity index (χ1) is 12.0. The van der Waals surface area contributed by atoms with Crippen LogP contribution in [-0.4, -0.2) is 11.7 Å². The second-order valence-corrected chi connectivity index (χ2v) is 6.07. The minimum absolute atomic E-state index is 0.0850. The number of aryl methyl sites for hydroxylation is 2. The van der Waals surface area contributed by atoms with Gasteiger partial charge in [0.1, 0.15) is 11.3 Å². The van der Waals surface area contributed by atoms with Gasteiger partial charge in [0, 0.05) is 29.4 Å². The Hall–Kier alpha value is -3.08. The highest BCUT2D eigenvalue weighted by atomic mass is 16.5. The van der Waals surface area contributed by atoms with E-state index in [4.69, 9.17) is 9.15 Å². The van der Waals surface area contributed by atoms with Crippen molar-refractivity contribution in [2.45, 2.75) is 20.4 Å². The van der Waals surface area contributed by atoms with E-state index in [2.05, 4.69) is 0 Å². The highest BCUT2D eigenvalue weighted by Gasteiger charge is 2.13. The fourth-order valence-corrected chi connectivity index (χ4v) is 3.42. The summed E-state index contributed by atoms with van der Waals surface area (Å²) in [6, 6.07) is 10.8. The molecule has 25 heavy (non-hydrogen) atoms. The maximum Gasteiger partial charge on any atom is 0.336 e. The monoisotopic (exact) mass is 335 g/mol. The summed E-state index contributed by atoms with van der Waals surface area (Å²) in [5.41, 5.74) is 1.63. The topological polar surface area (TPSA) is 61.4 Å². The van der Waals surface area contributed by atoms with E-state index in [0.29, 0.717) is 23.3 Å². The quantitative estimate of drug-likeness (QED) is 0.319. The van der Waals surface area contributed by atoms with Gasteiger partial charge < -0.3 is 13.7 Å². The Labute approximate surface area is 143 Å². The number of aromatic nitrogens is 1. The fraction of sp³-hybridized carbons (Fsp3) is 0.200. The molecule has 0 N–H and O–H groups in total. The maximum absolute atomic E-state index is 12.9. The molecule has 5 nitrogen and oxygen atoms in total. The van der Waals surface area contributed by atoms with Gasteiger partial charge in [-0.05, 0) is 49.1 Å². The molecule has 4 aromatic rings. The van der Waals surface area contributed by atoms with Gasteiger partial charge in [-0.3, -0.25) is 4.79 Å². The molecule has 0 spiro atoms. The van der Waals surface area contributed by atoms with E-state index in [-0.39, 0.29) is 11.2 Å². The number of ether oxygens (including phenoxy) is 1. The van der Waals surface area contributed by atoms with Gasteiger partial charge >= 0.3 is 5.63 Å². The Morgan fingerprint density at radius 1 is 1.00 bits per heavy atom. The first-order valence-corrected chi connectivity index (χ1v) is 8.12. The molecule has 0 saturated carbocycles. The standard InChI is InChI=1S/C20H17NO4/c1-4-21-17-10-18-14(11(2)7-19(22)25-18)9-15(17)13-6-5-12(24-3)8-16(13)20(21)23/h5-10H,4H2,1-3H3. The van der Waals surface area contributed by atoms with Crippen LogP contribution in [0.3, 0.4) is 0 Å². The summed E-state index contributed by atoms with van der Waals surface area (Å²) >= 11 is 0. The first kappa shape index (κ1) is 15.4. The lowest BCUT2D eigenvalue weighted by Crippen LogP contribution is -2.20. The van der Waals surface area contributed by atoms with Crippen molar-refractivity contribution >= 4 is 32.6 Å². The van der Waals surface area contributed by atoms with Gasteiger partial charge in [0.15, 0.2) is 0 Å². The lowest BCUT2D eigenvalue weighted by atomic mass is 10.0. The first-order valence-electron chi connectivity index (χ1n) is 8.12. The van der Waals surface area contributed by atoms with E-state index in [9.17, 15) is 9.59 Å². The van der Waals surface area contributed by atoms with Crippen LogP contribution in [0.5, 0.6) is 5.75 Å². The zero-order valence-corrected chi connectivity index (χ0v) is 14.3. The SMILES string of the molecule is CCn1c(=O)c2cc(OC)ccc2c2cc3c(C)cc(=O)oc3cc21. The van der Waals surface area contributed by atoms with Crippen LogP contribution in [0.15, 0.2) is 50.4 Å². The minimum Gasteiger partial charge on any atom is -0.497 e. The largest absolute Gasteiger partial charge is 0.497 e. The van der Waals surface area contributed by atoms with Gasteiger partial charge in [-0.2, -0.15) is 0 Å². The number of rotatable bonds is 2. The smallest absolute Gasteiger partial charge is 0.336 e. The number of pyridine rings is 1. The second kappa shape index (κ2) is 5.48. The molecule has 4 rings (SSSR count). The van der Waals surface area contributed by atoms with Crippen molar-refractivity contribution in [2.24, 2.45) is 0 Å². The molecular formula is C20H17NO4. The van der Waals surface area contributed by atoms with Crippen LogP contribution in [0, 0.1) is 6.92 Å². The van der Waals surface area contributed by atoms with Gasteiger partial charge in [-0.15, -0.1) is 0 Å². The summed E-state index contributed by atoms with van der Waals surface area (Å²) in [5.74, 6) is 0.648. The van der Waals surface area contributed by atoms with Crippen molar-refractivity contribution in [2.75, 3.05) is 7.11 Å². The third-order valence-electron chi connectivity index (χ3n) is 4.67. The van der Waals surface area contributed by atoms with Crippen molar-refractivity contribution < 1.29 is 9.15 Å². The highest BCUT2D eigenvalue weighted by Crippen LogP contribution is 2.30. The summed E-state index contributed by atoms with van der Waals surface area (Å²) in [4.78, 5) is 24.6. The van der Waals surface area contributed by atoms with E-state index in [1.54, 1.807) is 23.8 Å². The summed E-state index contributed by atoms with van der Waals surface area (Å²) in [6.07, 6.45) is 0. The fourth-order valence-electron chi connectivity index (χ4n) is 3.42. The van der Waals surface area contributed by atoms with Gasteiger partial charge in [0.05, 0.1) is 18.0 Å². The number of hydrogen-bond donors (Lipinski definition) is 0. The Balaban J connectivity index is 2.29. The van der Waals surface area contributed by atoms with Crippen LogP contribution in [0.1, 0.15) is 12.5 Å². The van der Waals surface area contributed by atoms with E-state index >= 15 is 0 Å². The molecule has 5 heteroatoms. The number of benzene rings is 2. The second-order valence-electron chi connectivity index (χ2n) is 6.07. The van der Waals surface area contributed by atoms with Crippen molar-refractivity contribution in [1.82, 2.24) is 4.57 Å². The summed E-state index contributed by atoms with van der Waals surface area (Å²) < 4.78 is 12.3. The molecule has 0 saturated heterocycles. The summed E-state index contributed by atoms with van der Waals surface area (Å²) in [6.45, 7) is 4.32. The van der Waals surface area contributed by atoms with E-state index in [1.165, 1.54) is 6.07 Å². The molecule has 2 heterocycles. The summed E-state index contributed by atoms with van der Waals surface area (Å²) in [5, 5.41) is 3.29. The number of methoxy groups -OCH3 is 1. The zero-order valence-electron chi connectivity index (χ0n) is 14.3. The molecule has 0 amide bonds. The van der Waals surface area contributed by atoms with E-state index in [0.717, 1.165) is 27.2 Å². The highest BCUT2D eigenvalue weighted by molar-refractivity contribution is 6.10. The molecule has 2 aromatic carbocycles. The van der Waals surface area contributed by atoms with Gasteiger partial charge in [0.25, 0.3) is 5.56 Å². The van der Waals surface area contributed by atoms with Crippen LogP contribution in [0.4, 0.5) is 0 Å². The van der Waals surface area contributed by atoms with Crippen LogP contribution in [0.2, 0.25) is 0 Å². The Bertz CT molecular complexity index is 1260. The molecule has 0 aliphatic rings. The summed E-state index contributed by atoms with van der Waals surface area (Å²) in [7, 11) is 1.58. The Kier molecular flexibility index (Phi) is 3.39. The van der Waals surface area contributed by atoms with Crippen molar-refractivity contribution in [1.29, 1.82) is 0 Å². The van der Waals surface area contributed by atoms with Gasteiger partial charge in [0.2, 0.25) is 0 Å². The molecule has 0 aliphatic heterocycles. The van der Waals surface area contributed by atoms with Gasteiger partial charge in [-0.1, -0.05) is 0 Å². The zero-order chi connectivity index (χ0) is 17.7. The third kappa shape index (κ3) is 2.23. The molecular weight excluding hydrogens is 318 g/mol. The number of fused-ring (bicyclic) bond motifs is 4. The normalized spacial score (nSPS) is 11.5. The van der Waals surface area contributed by atoms with E-state index in [1.807, 2.05) is 32.0 Å². The minimum atomic E-state index is -0.389. The molecule has 2 aromatic heterocycles. The van der Waals surface area contributed by atoms with Crippen LogP contribution in [0.25, 0.3) is 32.6 Å². The van der Waals surface area contributed by atoms with Crippen LogP contribution >= 0.6 is 0 Å². The Morgan fingerprint density at radius 2 is 1.80 bits per heavy atom. The predicted molar refractivity (Wildman–Crippen MR) is 98.7 cm³/mol. The number of hydrogen-bond acceptors (Lipinski definition) is 4. The maximum atomic E-state index is 12.9. The molecule has 0 aliphatic carbocycles. The van der Waals surface area contributed by atoms with Crippen molar-refractivity contribution in [3.05, 3.63) is 62.7 Å². The average Bonchev–Trinajstić information content (AvgIpc) is 2.60. The van der Waals surface area contributed by atoms with Crippen molar-refractivity contribution in [3.8, 4) is 5.75 Å². The van der Waals surface area contributed by atoms with Gasteiger partial charge in [-0.25, -0.2) is 4.79 Å². The van der Waals surface area contributed by atoms with Crippen LogP contribution in [-0.2, 0) is 6.54 Å². The molecule has 0 atom stereocenters. The van der Waals surface area contributed by atoms with Crippen LogP contribution < -0.4 is 15.9 Å². The lowest BCUT2D eigenvalue weighted by molar-refractivity contribution is 0.415. The molecule has 0 fully saturated rings. The average molecular weight is 335 g/mol. The predicted octanol–water partition coefficient (Wildman–Crippen LogP) is 3.60. The molecule has 0 radical (unpaired) electrons. The van der Waals surface area contributed by atoms with Crippen molar-refractivity contribution in [3.63, 3.8) is 0 Å².